The van der Waals surface area contributed by atoms with Crippen LogP contribution in [0.1, 0.15) is 32.8 Å². The Bertz CT molecular complexity index is 1300. The van der Waals surface area contributed by atoms with E-state index in [-0.39, 0.29) is 11.9 Å². The van der Waals surface area contributed by atoms with E-state index >= 15 is 0 Å². The molecule has 1 saturated heterocycles. The average molecular weight is 412 g/mol. The van der Waals surface area contributed by atoms with E-state index in [0.717, 1.165) is 46.7 Å². The second-order valence-electron chi connectivity index (χ2n) is 8.06. The van der Waals surface area contributed by atoms with E-state index < -0.39 is 5.91 Å². The van der Waals surface area contributed by atoms with E-state index in [1.54, 1.807) is 12.1 Å². The molecular weight excluding hydrogens is 388 g/mol. The van der Waals surface area contributed by atoms with E-state index in [9.17, 15) is 9.59 Å². The highest BCUT2D eigenvalue weighted by atomic mass is 16.2. The summed E-state index contributed by atoms with van der Waals surface area (Å²) in [6.07, 6.45) is 0.918. The number of carbonyl (C=O) groups excluding carboxylic acids is 2. The molecule has 0 radical (unpaired) electrons. The van der Waals surface area contributed by atoms with Crippen molar-refractivity contribution in [1.29, 1.82) is 0 Å². The topological polar surface area (TPSA) is 89.2 Å². The molecule has 0 unspecified atom stereocenters. The number of amides is 2. The first-order valence-corrected chi connectivity index (χ1v) is 10.5. The van der Waals surface area contributed by atoms with Crippen LogP contribution in [0.15, 0.2) is 66.7 Å². The minimum atomic E-state index is -0.483. The molecule has 3 aromatic carbocycles. The molecule has 0 saturated carbocycles. The van der Waals surface area contributed by atoms with Crippen LogP contribution in [-0.4, -0.2) is 35.5 Å². The number of hydrogen-bond acceptors (Lipinski definition) is 3. The average Bonchev–Trinajstić information content (AvgIpc) is 3.41. The molecule has 0 aliphatic carbocycles. The monoisotopic (exact) mass is 412 g/mol. The molecule has 4 aromatic rings. The van der Waals surface area contributed by atoms with E-state index in [4.69, 9.17) is 5.73 Å². The lowest BCUT2D eigenvalue weighted by molar-refractivity contribution is 0.0930. The molecule has 156 valence electrons. The van der Waals surface area contributed by atoms with Crippen molar-refractivity contribution in [2.24, 2.45) is 5.73 Å². The zero-order valence-corrected chi connectivity index (χ0v) is 17.1. The normalized spacial score (nSPS) is 16.1. The van der Waals surface area contributed by atoms with Crippen LogP contribution < -0.4 is 16.4 Å². The largest absolute Gasteiger partial charge is 0.366 e. The van der Waals surface area contributed by atoms with E-state index in [1.165, 1.54) is 0 Å². The summed E-state index contributed by atoms with van der Waals surface area (Å²) < 4.78 is 1.99. The van der Waals surface area contributed by atoms with Crippen LogP contribution in [0.5, 0.6) is 0 Å². The summed E-state index contributed by atoms with van der Waals surface area (Å²) in [6.45, 7) is 2.20. The third kappa shape index (κ3) is 3.66. The van der Waals surface area contributed by atoms with Gasteiger partial charge in [-0.15, -0.1) is 0 Å². The first kappa shape index (κ1) is 19.3. The molecule has 1 aromatic heterocycles. The quantitative estimate of drug-likeness (QED) is 0.471. The Morgan fingerprint density at radius 3 is 2.68 bits per heavy atom. The molecule has 5 rings (SSSR count). The van der Waals surface area contributed by atoms with Gasteiger partial charge >= 0.3 is 0 Å². The smallest absolute Gasteiger partial charge is 0.268 e. The van der Waals surface area contributed by atoms with Crippen molar-refractivity contribution < 1.29 is 9.59 Å². The number of nitrogens with one attached hydrogen (secondary N) is 2. The summed E-state index contributed by atoms with van der Waals surface area (Å²) in [4.78, 5) is 25.0. The SMILES string of the molecule is NC(=O)c1ccc2cc(C(=O)N[C@@H]3CCNC3)n(Cc3cccc4ccccc34)c2c1. The lowest BCUT2D eigenvalue weighted by Crippen LogP contribution is -2.37. The van der Waals surface area contributed by atoms with Crippen LogP contribution in [0.3, 0.4) is 0 Å². The number of primary amides is 1. The van der Waals surface area contributed by atoms with E-state index in [1.807, 2.05) is 34.9 Å². The maximum absolute atomic E-state index is 13.2. The van der Waals surface area contributed by atoms with Gasteiger partial charge in [-0.05, 0) is 47.5 Å². The van der Waals surface area contributed by atoms with E-state index in [2.05, 4.69) is 34.9 Å². The van der Waals surface area contributed by atoms with Crippen molar-refractivity contribution in [3.63, 3.8) is 0 Å². The lowest BCUT2D eigenvalue weighted by atomic mass is 10.0. The van der Waals surface area contributed by atoms with Gasteiger partial charge in [0, 0.05) is 35.6 Å². The van der Waals surface area contributed by atoms with Crippen LogP contribution in [0, 0.1) is 0 Å². The first-order valence-electron chi connectivity index (χ1n) is 10.5. The van der Waals surface area contributed by atoms with Gasteiger partial charge in [-0.3, -0.25) is 9.59 Å². The zero-order valence-electron chi connectivity index (χ0n) is 17.1. The Balaban J connectivity index is 1.63. The summed E-state index contributed by atoms with van der Waals surface area (Å²) in [5, 5.41) is 9.62. The molecule has 31 heavy (non-hydrogen) atoms. The number of hydrogen-bond donors (Lipinski definition) is 3. The Morgan fingerprint density at radius 2 is 1.87 bits per heavy atom. The number of fused-ring (bicyclic) bond motifs is 2. The Labute approximate surface area is 180 Å². The predicted molar refractivity (Wildman–Crippen MR) is 122 cm³/mol. The number of aromatic nitrogens is 1. The van der Waals surface area contributed by atoms with Gasteiger partial charge in [-0.25, -0.2) is 0 Å². The van der Waals surface area contributed by atoms with Crippen LogP contribution in [-0.2, 0) is 6.54 Å². The van der Waals surface area contributed by atoms with Crippen LogP contribution in [0.2, 0.25) is 0 Å². The van der Waals surface area contributed by atoms with Crippen LogP contribution >= 0.6 is 0 Å². The molecule has 0 bridgehead atoms. The summed E-state index contributed by atoms with van der Waals surface area (Å²) in [7, 11) is 0. The first-order chi connectivity index (χ1) is 15.1. The van der Waals surface area contributed by atoms with Gasteiger partial charge < -0.3 is 20.9 Å². The van der Waals surface area contributed by atoms with Gasteiger partial charge in [0.05, 0.1) is 0 Å². The molecule has 2 amide bonds. The highest BCUT2D eigenvalue weighted by Gasteiger charge is 2.22. The van der Waals surface area contributed by atoms with Gasteiger partial charge in [0.2, 0.25) is 5.91 Å². The molecule has 6 nitrogen and oxygen atoms in total. The zero-order chi connectivity index (χ0) is 21.4. The summed E-state index contributed by atoms with van der Waals surface area (Å²) in [5.41, 5.74) is 8.46. The second kappa shape index (κ2) is 7.89. The summed E-state index contributed by atoms with van der Waals surface area (Å²) in [5.74, 6) is -0.589. The molecule has 1 fully saturated rings. The highest BCUT2D eigenvalue weighted by molar-refractivity contribution is 6.02. The number of carbonyl (C=O) groups is 2. The maximum Gasteiger partial charge on any atom is 0.268 e. The molecule has 1 atom stereocenters. The molecular formula is C25H24N4O2. The fourth-order valence-electron chi connectivity index (χ4n) is 4.40. The van der Waals surface area contributed by atoms with Crippen LogP contribution in [0.25, 0.3) is 21.7 Å². The molecule has 0 spiro atoms. The van der Waals surface area contributed by atoms with Crippen molar-refractivity contribution in [2.75, 3.05) is 13.1 Å². The minimum absolute atomic E-state index is 0.106. The Morgan fingerprint density at radius 1 is 1.03 bits per heavy atom. The van der Waals surface area contributed by atoms with Crippen molar-refractivity contribution >= 4 is 33.5 Å². The van der Waals surface area contributed by atoms with Gasteiger partial charge in [-0.1, -0.05) is 48.5 Å². The van der Waals surface area contributed by atoms with E-state index in [0.29, 0.717) is 17.8 Å². The van der Waals surface area contributed by atoms with Crippen molar-refractivity contribution in [2.45, 2.75) is 19.0 Å². The number of nitrogens with zero attached hydrogens (tertiary/aromatic N) is 1. The third-order valence-electron chi connectivity index (χ3n) is 6.03. The summed E-state index contributed by atoms with van der Waals surface area (Å²) in [6, 6.07) is 21.7. The molecule has 6 heteroatoms. The Kier molecular flexibility index (Phi) is 4.92. The van der Waals surface area contributed by atoms with Gasteiger partial charge in [0.1, 0.15) is 5.69 Å². The standard InChI is InChI=1S/C25H24N4O2/c26-24(30)18-9-8-17-12-23(25(31)28-20-10-11-27-14-20)29(22(17)13-18)15-19-6-3-5-16-4-1-2-7-21(16)19/h1-9,12-13,20,27H,10-11,14-15H2,(H2,26,30)(H,28,31)/t20-/m1/s1. The second-order valence-corrected chi connectivity index (χ2v) is 8.06. The minimum Gasteiger partial charge on any atom is -0.366 e. The molecule has 4 N–H and O–H groups in total. The van der Waals surface area contributed by atoms with Gasteiger partial charge in [0.25, 0.3) is 5.91 Å². The lowest BCUT2D eigenvalue weighted by Gasteiger charge is -2.15. The molecule has 1 aliphatic rings. The molecule has 2 heterocycles. The van der Waals surface area contributed by atoms with Crippen LogP contribution in [0.4, 0.5) is 0 Å². The predicted octanol–water partition coefficient (Wildman–Crippen LogP) is 3.03. The van der Waals surface area contributed by atoms with Crippen molar-refractivity contribution in [3.05, 3.63) is 83.6 Å². The number of benzene rings is 3. The number of nitrogens with two attached hydrogens (primary N) is 1. The Hall–Kier alpha value is -3.64. The fourth-order valence-corrected chi connectivity index (χ4v) is 4.40. The molecule has 1 aliphatic heterocycles. The fraction of sp³-hybridized carbons (Fsp3) is 0.200. The summed E-state index contributed by atoms with van der Waals surface area (Å²) >= 11 is 0. The third-order valence-corrected chi connectivity index (χ3v) is 6.03. The van der Waals surface area contributed by atoms with Crippen molar-refractivity contribution in [3.8, 4) is 0 Å². The highest BCUT2D eigenvalue weighted by Crippen LogP contribution is 2.26. The van der Waals surface area contributed by atoms with Crippen molar-refractivity contribution in [1.82, 2.24) is 15.2 Å². The van der Waals surface area contributed by atoms with Gasteiger partial charge in [-0.2, -0.15) is 0 Å². The number of rotatable bonds is 5. The van der Waals surface area contributed by atoms with Gasteiger partial charge in [0.15, 0.2) is 0 Å². The maximum atomic E-state index is 13.2.